The first-order valence-corrected chi connectivity index (χ1v) is 16.3. The van der Waals surface area contributed by atoms with E-state index in [-0.39, 0.29) is 0 Å². The monoisotopic (exact) mass is 599 g/mol. The first kappa shape index (κ1) is 26.2. The third kappa shape index (κ3) is 4.00. The average molecular weight is 600 g/mol. The predicted molar refractivity (Wildman–Crippen MR) is 194 cm³/mol. The maximum atomic E-state index is 5.37. The molecule has 6 aromatic carbocycles. The Kier molecular flexibility index (Phi) is 5.70. The van der Waals surface area contributed by atoms with Gasteiger partial charge in [0.15, 0.2) is 5.82 Å². The van der Waals surface area contributed by atoms with Crippen LogP contribution in [0, 0.1) is 0 Å². The maximum absolute atomic E-state index is 5.37. The van der Waals surface area contributed by atoms with Crippen LogP contribution >= 0.6 is 0 Å². The van der Waals surface area contributed by atoms with E-state index in [2.05, 4.69) is 168 Å². The lowest BCUT2D eigenvalue weighted by atomic mass is 9.70. The van der Waals surface area contributed by atoms with Crippen molar-refractivity contribution in [3.05, 3.63) is 175 Å². The lowest BCUT2D eigenvalue weighted by molar-refractivity contribution is 0.720. The molecule has 2 aliphatic carbocycles. The van der Waals surface area contributed by atoms with Gasteiger partial charge in [0.1, 0.15) is 5.82 Å². The molecule has 0 bridgehead atoms. The number of para-hydroxylation sites is 2. The number of allylic oxidation sites excluding steroid dienone is 4. The highest BCUT2D eigenvalue weighted by Gasteiger charge is 2.32. The summed E-state index contributed by atoms with van der Waals surface area (Å²) in [6.45, 7) is 0. The van der Waals surface area contributed by atoms with E-state index in [4.69, 9.17) is 9.97 Å². The minimum absolute atomic E-state index is 0.315. The Labute approximate surface area is 272 Å². The number of rotatable bonds is 3. The van der Waals surface area contributed by atoms with Gasteiger partial charge in [0, 0.05) is 39.8 Å². The first-order chi connectivity index (χ1) is 23.3. The van der Waals surface area contributed by atoms with Crippen LogP contribution < -0.4 is 0 Å². The summed E-state index contributed by atoms with van der Waals surface area (Å²) in [5.74, 6) is 2.24. The highest BCUT2D eigenvalue weighted by Crippen LogP contribution is 2.50. The number of nitrogens with zero attached hydrogens (tertiary/aromatic N) is 3. The molecular weight excluding hydrogens is 571 g/mol. The Balaban J connectivity index is 1.25. The predicted octanol–water partition coefficient (Wildman–Crippen LogP) is 11.0. The third-order valence-electron chi connectivity index (χ3n) is 10.0. The van der Waals surface area contributed by atoms with Gasteiger partial charge in [0.25, 0.3) is 0 Å². The molecule has 2 unspecified atom stereocenters. The molecule has 3 heteroatoms. The molecule has 2 aromatic heterocycles. The van der Waals surface area contributed by atoms with E-state index in [0.717, 1.165) is 33.7 Å². The van der Waals surface area contributed by atoms with Gasteiger partial charge in [-0.2, -0.15) is 0 Å². The van der Waals surface area contributed by atoms with Gasteiger partial charge in [-0.15, -0.1) is 0 Å². The quantitative estimate of drug-likeness (QED) is 0.202. The van der Waals surface area contributed by atoms with Crippen molar-refractivity contribution in [2.45, 2.75) is 11.8 Å². The van der Waals surface area contributed by atoms with Gasteiger partial charge in [-0.05, 0) is 51.2 Å². The highest BCUT2D eigenvalue weighted by atomic mass is 15.1. The molecule has 0 radical (unpaired) electrons. The zero-order valence-corrected chi connectivity index (χ0v) is 25.6. The second-order valence-corrected chi connectivity index (χ2v) is 12.5. The van der Waals surface area contributed by atoms with E-state index in [0.29, 0.717) is 17.7 Å². The van der Waals surface area contributed by atoms with Gasteiger partial charge in [-0.3, -0.25) is 4.57 Å². The lowest BCUT2D eigenvalue weighted by Crippen LogP contribution is -2.16. The number of hydrogen-bond donors (Lipinski definition) is 0. The minimum atomic E-state index is 0.315. The topological polar surface area (TPSA) is 30.7 Å². The molecule has 2 aliphatic rings. The SMILES string of the molecule is C1=CC2c3ccccc3-c3cc(-c4nc(-c5cccc6ccccc56)cc(-n5c6ccccc6c6ccccc65)n4)ccc3C2C=C1. The fourth-order valence-electron chi connectivity index (χ4n) is 7.89. The lowest BCUT2D eigenvalue weighted by Gasteiger charge is -2.34. The summed E-state index contributed by atoms with van der Waals surface area (Å²) < 4.78 is 2.29. The van der Waals surface area contributed by atoms with E-state index in [1.165, 1.54) is 43.8 Å². The molecule has 10 rings (SSSR count). The molecule has 0 spiro atoms. The number of aromatic nitrogens is 3. The van der Waals surface area contributed by atoms with Gasteiger partial charge < -0.3 is 0 Å². The summed E-state index contributed by atoms with van der Waals surface area (Å²) in [4.78, 5) is 10.7. The molecular formula is C44H29N3. The van der Waals surface area contributed by atoms with E-state index < -0.39 is 0 Å². The molecule has 2 heterocycles. The van der Waals surface area contributed by atoms with Crippen molar-refractivity contribution in [1.29, 1.82) is 0 Å². The van der Waals surface area contributed by atoms with Gasteiger partial charge in [-0.1, -0.05) is 140 Å². The number of hydrogen-bond acceptors (Lipinski definition) is 2. The van der Waals surface area contributed by atoms with Gasteiger partial charge in [0.05, 0.1) is 16.7 Å². The summed E-state index contributed by atoms with van der Waals surface area (Å²) >= 11 is 0. The van der Waals surface area contributed by atoms with Gasteiger partial charge >= 0.3 is 0 Å². The maximum Gasteiger partial charge on any atom is 0.162 e. The second kappa shape index (κ2) is 10.2. The van der Waals surface area contributed by atoms with Crippen molar-refractivity contribution >= 4 is 32.6 Å². The Morgan fingerprint density at radius 3 is 1.87 bits per heavy atom. The van der Waals surface area contributed by atoms with Crippen LogP contribution in [0.25, 0.3) is 72.2 Å². The molecule has 0 fully saturated rings. The van der Waals surface area contributed by atoms with Gasteiger partial charge in [0.2, 0.25) is 0 Å². The number of fused-ring (bicyclic) bond motifs is 10. The molecule has 0 aliphatic heterocycles. The second-order valence-electron chi connectivity index (χ2n) is 12.5. The zero-order chi connectivity index (χ0) is 30.9. The molecule has 8 aromatic rings. The number of benzene rings is 6. The first-order valence-electron chi connectivity index (χ1n) is 16.3. The minimum Gasteiger partial charge on any atom is -0.294 e. The molecule has 2 atom stereocenters. The molecule has 0 saturated heterocycles. The molecule has 0 N–H and O–H groups in total. The summed E-state index contributed by atoms with van der Waals surface area (Å²) in [6, 6.07) is 50.0. The van der Waals surface area contributed by atoms with Crippen molar-refractivity contribution < 1.29 is 0 Å². The van der Waals surface area contributed by atoms with E-state index in [1.807, 2.05) is 0 Å². The fraction of sp³-hybridized carbons (Fsp3) is 0.0455. The third-order valence-corrected chi connectivity index (χ3v) is 10.0. The van der Waals surface area contributed by atoms with Crippen LogP contribution in [0.1, 0.15) is 23.0 Å². The van der Waals surface area contributed by atoms with Crippen LogP contribution in [0.4, 0.5) is 0 Å². The van der Waals surface area contributed by atoms with Crippen molar-refractivity contribution in [3.8, 4) is 39.6 Å². The van der Waals surface area contributed by atoms with Crippen LogP contribution in [0.3, 0.4) is 0 Å². The Bertz CT molecular complexity index is 2540. The summed E-state index contributed by atoms with van der Waals surface area (Å²) in [5.41, 5.74) is 10.5. The average Bonchev–Trinajstić information content (AvgIpc) is 3.49. The fourth-order valence-corrected chi connectivity index (χ4v) is 7.89. The Morgan fingerprint density at radius 1 is 0.468 bits per heavy atom. The smallest absolute Gasteiger partial charge is 0.162 e. The van der Waals surface area contributed by atoms with Crippen LogP contribution in [0.5, 0.6) is 0 Å². The van der Waals surface area contributed by atoms with E-state index in [1.54, 1.807) is 0 Å². The van der Waals surface area contributed by atoms with E-state index in [9.17, 15) is 0 Å². The van der Waals surface area contributed by atoms with Crippen LogP contribution in [-0.4, -0.2) is 14.5 Å². The Hall–Kier alpha value is -6.06. The van der Waals surface area contributed by atoms with Crippen LogP contribution in [0.2, 0.25) is 0 Å². The largest absolute Gasteiger partial charge is 0.294 e. The van der Waals surface area contributed by atoms with Crippen molar-refractivity contribution in [2.24, 2.45) is 0 Å². The van der Waals surface area contributed by atoms with Crippen molar-refractivity contribution in [2.75, 3.05) is 0 Å². The normalized spacial score (nSPS) is 16.3. The van der Waals surface area contributed by atoms with Crippen molar-refractivity contribution in [1.82, 2.24) is 14.5 Å². The standard InChI is InChI=1S/C44H29N3/c1-2-14-30-28(12-1)13-11-21-36(30)40-27-43(47-41-22-9-7-19-37(41)38-20-8-10-23-42(38)47)46-44(45-40)29-24-25-35-33-17-4-3-15-31(33)32-16-5-6-18-34(32)39(35)26-29/h1-27,31,33H. The van der Waals surface area contributed by atoms with Crippen LogP contribution in [-0.2, 0) is 0 Å². The Morgan fingerprint density at radius 2 is 1.09 bits per heavy atom. The van der Waals surface area contributed by atoms with Crippen molar-refractivity contribution in [3.63, 3.8) is 0 Å². The van der Waals surface area contributed by atoms with E-state index >= 15 is 0 Å². The van der Waals surface area contributed by atoms with Crippen LogP contribution in [0.15, 0.2) is 164 Å². The molecule has 3 nitrogen and oxygen atoms in total. The summed E-state index contributed by atoms with van der Waals surface area (Å²) in [5, 5.41) is 4.79. The molecule has 0 amide bonds. The molecule has 47 heavy (non-hydrogen) atoms. The summed E-state index contributed by atoms with van der Waals surface area (Å²) in [7, 11) is 0. The molecule has 220 valence electrons. The van der Waals surface area contributed by atoms with Gasteiger partial charge in [-0.25, -0.2) is 9.97 Å². The summed E-state index contributed by atoms with van der Waals surface area (Å²) in [6.07, 6.45) is 9.05. The highest BCUT2D eigenvalue weighted by molar-refractivity contribution is 6.09. The molecule has 0 saturated carbocycles. The zero-order valence-electron chi connectivity index (χ0n) is 25.6.